The third-order valence-corrected chi connectivity index (χ3v) is 5.39. The summed E-state index contributed by atoms with van der Waals surface area (Å²) in [6.45, 7) is 4.01. The Balaban J connectivity index is 2.04. The second-order valence-electron chi connectivity index (χ2n) is 8.20. The Morgan fingerprint density at radius 1 is 1.29 bits per heavy atom. The zero-order valence-electron chi connectivity index (χ0n) is 16.3. The van der Waals surface area contributed by atoms with Crippen LogP contribution in [0.25, 0.3) is 11.0 Å². The molecule has 1 aromatic heterocycles. The van der Waals surface area contributed by atoms with E-state index in [0.29, 0.717) is 18.4 Å². The monoisotopic (exact) mass is 387 g/mol. The van der Waals surface area contributed by atoms with Gasteiger partial charge in [-0.05, 0) is 36.3 Å². The number of imide groups is 1. The van der Waals surface area contributed by atoms with Gasteiger partial charge in [0.25, 0.3) is 0 Å². The van der Waals surface area contributed by atoms with E-state index in [9.17, 15) is 19.2 Å². The standard InChI is InChI=1S/C20H25N3O5/c1-20(2,10-9-16(25)26)11-12-5-4-6-13-17(12)22(3)19(28)23(13)14-7-8-15(24)21-18(14)27/h4-6,14H,7-11H2,1-3H3,(H,25,26)(H,21,24,27). The Hall–Kier alpha value is -2.90. The summed E-state index contributed by atoms with van der Waals surface area (Å²) in [5.41, 5.74) is 1.74. The van der Waals surface area contributed by atoms with Crippen LogP contribution >= 0.6 is 0 Å². The van der Waals surface area contributed by atoms with Crippen molar-refractivity contribution in [2.24, 2.45) is 12.5 Å². The van der Waals surface area contributed by atoms with E-state index in [2.05, 4.69) is 5.32 Å². The average molecular weight is 387 g/mol. The first-order chi connectivity index (χ1) is 13.1. The molecule has 0 radical (unpaired) electrons. The van der Waals surface area contributed by atoms with Gasteiger partial charge in [-0.25, -0.2) is 4.79 Å². The normalized spacial score (nSPS) is 17.8. The first-order valence-electron chi connectivity index (χ1n) is 9.35. The number of hydrogen-bond donors (Lipinski definition) is 2. The summed E-state index contributed by atoms with van der Waals surface area (Å²) >= 11 is 0. The lowest BCUT2D eigenvalue weighted by molar-refractivity contribution is -0.138. The Morgan fingerprint density at radius 2 is 2.00 bits per heavy atom. The van der Waals surface area contributed by atoms with E-state index in [0.717, 1.165) is 11.1 Å². The van der Waals surface area contributed by atoms with Gasteiger partial charge in [0.15, 0.2) is 0 Å². The summed E-state index contributed by atoms with van der Waals surface area (Å²) in [5, 5.41) is 11.3. The lowest BCUT2D eigenvalue weighted by Gasteiger charge is -2.24. The van der Waals surface area contributed by atoms with Crippen LogP contribution in [0, 0.1) is 5.41 Å². The van der Waals surface area contributed by atoms with Crippen LogP contribution in [0.3, 0.4) is 0 Å². The van der Waals surface area contributed by atoms with Gasteiger partial charge in [-0.1, -0.05) is 26.0 Å². The van der Waals surface area contributed by atoms with Crippen molar-refractivity contribution in [2.45, 2.75) is 52.0 Å². The van der Waals surface area contributed by atoms with Gasteiger partial charge >= 0.3 is 11.7 Å². The number of rotatable bonds is 6. The first kappa shape index (κ1) is 19.9. The molecule has 8 heteroatoms. The number of imidazole rings is 1. The van der Waals surface area contributed by atoms with E-state index < -0.39 is 17.9 Å². The first-order valence-corrected chi connectivity index (χ1v) is 9.35. The fourth-order valence-corrected chi connectivity index (χ4v) is 3.94. The van der Waals surface area contributed by atoms with Crippen LogP contribution in [-0.4, -0.2) is 32.0 Å². The number of aromatic nitrogens is 2. The number of hydrogen-bond acceptors (Lipinski definition) is 4. The number of carboxylic acids is 1. The third-order valence-electron chi connectivity index (χ3n) is 5.39. The van der Waals surface area contributed by atoms with Crippen molar-refractivity contribution >= 4 is 28.8 Å². The smallest absolute Gasteiger partial charge is 0.329 e. The van der Waals surface area contributed by atoms with Crippen molar-refractivity contribution < 1.29 is 19.5 Å². The third kappa shape index (κ3) is 3.72. The molecular formula is C20H25N3O5. The van der Waals surface area contributed by atoms with Gasteiger partial charge in [-0.3, -0.25) is 28.8 Å². The van der Waals surface area contributed by atoms with Crippen molar-refractivity contribution in [2.75, 3.05) is 0 Å². The van der Waals surface area contributed by atoms with Crippen LogP contribution in [0.15, 0.2) is 23.0 Å². The molecule has 1 aliphatic rings. The van der Waals surface area contributed by atoms with Gasteiger partial charge in [0.1, 0.15) is 6.04 Å². The molecule has 1 aromatic carbocycles. The van der Waals surface area contributed by atoms with Crippen molar-refractivity contribution in [1.82, 2.24) is 14.5 Å². The number of benzene rings is 1. The van der Waals surface area contributed by atoms with Gasteiger partial charge in [-0.2, -0.15) is 0 Å². The zero-order valence-corrected chi connectivity index (χ0v) is 16.3. The molecule has 28 heavy (non-hydrogen) atoms. The van der Waals surface area contributed by atoms with Crippen LogP contribution in [-0.2, 0) is 27.9 Å². The predicted molar refractivity (Wildman–Crippen MR) is 103 cm³/mol. The summed E-state index contributed by atoms with van der Waals surface area (Å²) in [6.07, 6.45) is 1.68. The van der Waals surface area contributed by atoms with Gasteiger partial charge in [-0.15, -0.1) is 0 Å². The second-order valence-corrected chi connectivity index (χ2v) is 8.20. The van der Waals surface area contributed by atoms with Gasteiger partial charge in [0, 0.05) is 19.9 Å². The van der Waals surface area contributed by atoms with Crippen molar-refractivity contribution in [1.29, 1.82) is 0 Å². The lowest BCUT2D eigenvalue weighted by Crippen LogP contribution is -2.44. The van der Waals surface area contributed by atoms with Crippen molar-refractivity contribution in [3.05, 3.63) is 34.2 Å². The van der Waals surface area contributed by atoms with Crippen LogP contribution in [0.1, 0.15) is 51.1 Å². The molecule has 0 spiro atoms. The maximum absolute atomic E-state index is 12.9. The summed E-state index contributed by atoms with van der Waals surface area (Å²) in [7, 11) is 1.67. The maximum Gasteiger partial charge on any atom is 0.329 e. The molecule has 150 valence electrons. The lowest BCUT2D eigenvalue weighted by atomic mass is 9.81. The predicted octanol–water partition coefficient (Wildman–Crippen LogP) is 1.75. The van der Waals surface area contributed by atoms with Crippen LogP contribution < -0.4 is 11.0 Å². The van der Waals surface area contributed by atoms with Crippen molar-refractivity contribution in [3.8, 4) is 0 Å². The molecule has 2 amide bonds. The summed E-state index contributed by atoms with van der Waals surface area (Å²) < 4.78 is 2.99. The highest BCUT2D eigenvalue weighted by Gasteiger charge is 2.32. The zero-order chi connectivity index (χ0) is 20.6. The number of carboxylic acid groups (broad SMARTS) is 1. The number of carbonyl (C=O) groups is 3. The summed E-state index contributed by atoms with van der Waals surface area (Å²) in [4.78, 5) is 47.6. The molecule has 1 atom stereocenters. The number of nitrogens with zero attached hydrogens (tertiary/aromatic N) is 2. The highest BCUT2D eigenvalue weighted by Crippen LogP contribution is 2.32. The van der Waals surface area contributed by atoms with Gasteiger partial charge in [0.2, 0.25) is 11.8 Å². The number of aliphatic carboxylic acids is 1. The Labute approximate surface area is 162 Å². The SMILES string of the molecule is Cn1c(=O)n(C2CCC(=O)NC2=O)c2cccc(CC(C)(C)CCC(=O)O)c21. The molecule has 2 heterocycles. The van der Waals surface area contributed by atoms with Gasteiger partial charge in [0.05, 0.1) is 11.0 Å². The molecule has 0 bridgehead atoms. The molecule has 2 aromatic rings. The van der Waals surface area contributed by atoms with E-state index in [4.69, 9.17) is 5.11 Å². The van der Waals surface area contributed by atoms with E-state index in [1.54, 1.807) is 13.1 Å². The van der Waals surface area contributed by atoms with E-state index in [1.807, 2.05) is 26.0 Å². The molecule has 8 nitrogen and oxygen atoms in total. The molecule has 1 unspecified atom stereocenters. The highest BCUT2D eigenvalue weighted by atomic mass is 16.4. The Kier molecular flexibility index (Phi) is 5.14. The second kappa shape index (κ2) is 7.26. The average Bonchev–Trinajstić information content (AvgIpc) is 2.86. The quantitative estimate of drug-likeness (QED) is 0.734. The minimum Gasteiger partial charge on any atom is -0.481 e. The minimum absolute atomic E-state index is 0.0825. The number of nitrogens with one attached hydrogen (secondary N) is 1. The van der Waals surface area contributed by atoms with E-state index in [-0.39, 0.29) is 36.3 Å². The molecule has 1 fully saturated rings. The van der Waals surface area contributed by atoms with Gasteiger partial charge < -0.3 is 5.11 Å². The number of piperidine rings is 1. The summed E-state index contributed by atoms with van der Waals surface area (Å²) in [6, 6.07) is 4.85. The number of aryl methyl sites for hydroxylation is 1. The minimum atomic E-state index is -0.831. The molecule has 1 saturated heterocycles. The molecule has 3 rings (SSSR count). The number of carbonyl (C=O) groups excluding carboxylic acids is 2. The van der Waals surface area contributed by atoms with Crippen LogP contribution in [0.2, 0.25) is 0 Å². The van der Waals surface area contributed by atoms with E-state index in [1.165, 1.54) is 9.13 Å². The fourth-order valence-electron chi connectivity index (χ4n) is 3.94. The topological polar surface area (TPSA) is 110 Å². The number of fused-ring (bicyclic) bond motifs is 1. The van der Waals surface area contributed by atoms with Crippen molar-refractivity contribution in [3.63, 3.8) is 0 Å². The van der Waals surface area contributed by atoms with E-state index >= 15 is 0 Å². The summed E-state index contributed by atoms with van der Waals surface area (Å²) in [5.74, 6) is -1.61. The molecular weight excluding hydrogens is 362 g/mol. The number of para-hydroxylation sites is 1. The molecule has 2 N–H and O–H groups in total. The molecule has 1 aliphatic heterocycles. The Morgan fingerprint density at radius 3 is 2.64 bits per heavy atom. The molecule has 0 aliphatic carbocycles. The largest absolute Gasteiger partial charge is 0.481 e. The number of amides is 2. The van der Waals surface area contributed by atoms with Crippen LogP contribution in [0.5, 0.6) is 0 Å². The molecule has 0 saturated carbocycles. The maximum atomic E-state index is 12.9. The van der Waals surface area contributed by atoms with Crippen LogP contribution in [0.4, 0.5) is 0 Å². The Bertz CT molecular complexity index is 1010. The highest BCUT2D eigenvalue weighted by molar-refractivity contribution is 6.00. The fraction of sp³-hybridized carbons (Fsp3) is 0.500.